The third-order valence-corrected chi connectivity index (χ3v) is 4.15. The molecule has 0 saturated heterocycles. The summed E-state index contributed by atoms with van der Waals surface area (Å²) in [5, 5.41) is 9.04. The van der Waals surface area contributed by atoms with Crippen molar-refractivity contribution in [1.29, 1.82) is 0 Å². The maximum atomic E-state index is 9.04. The number of rotatable bonds is 5. The summed E-state index contributed by atoms with van der Waals surface area (Å²) in [5.74, 6) is 0.935. The lowest BCUT2D eigenvalue weighted by molar-refractivity contribution is 0.145. The minimum Gasteiger partial charge on any atom is -0.401 e. The molecule has 0 aliphatic heterocycles. The predicted molar refractivity (Wildman–Crippen MR) is 80.2 cm³/mol. The van der Waals surface area contributed by atoms with E-state index >= 15 is 0 Å². The molecule has 2 saturated carbocycles. The van der Waals surface area contributed by atoms with Crippen molar-refractivity contribution in [2.75, 3.05) is 6.61 Å². The minimum absolute atomic E-state index is 0.277. The molecule has 0 aromatic carbocycles. The van der Waals surface area contributed by atoms with Gasteiger partial charge in [-0.2, -0.15) is 0 Å². The van der Waals surface area contributed by atoms with Gasteiger partial charge in [0, 0.05) is 30.3 Å². The van der Waals surface area contributed by atoms with Crippen LogP contribution >= 0.6 is 0 Å². The van der Waals surface area contributed by atoms with Gasteiger partial charge in [-0.3, -0.25) is 9.98 Å². The highest BCUT2D eigenvalue weighted by atomic mass is 16.3. The van der Waals surface area contributed by atoms with Crippen LogP contribution in [0.4, 0.5) is 0 Å². The molecule has 20 heavy (non-hydrogen) atoms. The van der Waals surface area contributed by atoms with Gasteiger partial charge in [0.2, 0.25) is 0 Å². The number of aliphatic hydroxyl groups excluding tert-OH is 1. The molecule has 3 rings (SSSR count). The number of aliphatic imine (C=N–C) groups is 1. The van der Waals surface area contributed by atoms with Crippen molar-refractivity contribution in [3.05, 3.63) is 35.8 Å². The van der Waals surface area contributed by atoms with Crippen molar-refractivity contribution < 1.29 is 5.11 Å². The van der Waals surface area contributed by atoms with Crippen molar-refractivity contribution in [3.63, 3.8) is 0 Å². The van der Waals surface area contributed by atoms with Crippen molar-refractivity contribution in [3.8, 4) is 0 Å². The summed E-state index contributed by atoms with van der Waals surface area (Å²) >= 11 is 0. The first kappa shape index (κ1) is 13.3. The number of hydrogen-bond donors (Lipinski definition) is 2. The summed E-state index contributed by atoms with van der Waals surface area (Å²) in [7, 11) is 0. The van der Waals surface area contributed by atoms with Gasteiger partial charge in [-0.15, -0.1) is 0 Å². The van der Waals surface area contributed by atoms with E-state index in [2.05, 4.69) is 9.98 Å². The van der Waals surface area contributed by atoms with Gasteiger partial charge in [0.1, 0.15) is 0 Å². The van der Waals surface area contributed by atoms with Crippen LogP contribution in [0.1, 0.15) is 31.4 Å². The first-order chi connectivity index (χ1) is 9.78. The molecule has 106 valence electrons. The van der Waals surface area contributed by atoms with Crippen LogP contribution in [-0.2, 0) is 0 Å². The van der Waals surface area contributed by atoms with Crippen LogP contribution in [0.5, 0.6) is 0 Å². The second-order valence-electron chi connectivity index (χ2n) is 5.81. The van der Waals surface area contributed by atoms with Gasteiger partial charge in [-0.05, 0) is 49.7 Å². The van der Waals surface area contributed by atoms with Gasteiger partial charge in [0.25, 0.3) is 0 Å². The number of pyridine rings is 1. The molecule has 0 unspecified atom stereocenters. The Hall–Kier alpha value is -1.68. The van der Waals surface area contributed by atoms with Gasteiger partial charge >= 0.3 is 0 Å². The van der Waals surface area contributed by atoms with Crippen molar-refractivity contribution >= 4 is 11.8 Å². The van der Waals surface area contributed by atoms with Gasteiger partial charge in [0.15, 0.2) is 0 Å². The number of nitrogens with zero attached hydrogens (tertiary/aromatic N) is 2. The molecular formula is C16H21N3O. The smallest absolute Gasteiger partial charge is 0.0734 e. The maximum Gasteiger partial charge on any atom is 0.0734 e. The highest BCUT2D eigenvalue weighted by molar-refractivity contribution is 6.10. The average molecular weight is 271 g/mol. The van der Waals surface area contributed by atoms with E-state index in [0.29, 0.717) is 17.9 Å². The Morgan fingerprint density at radius 2 is 2.20 bits per heavy atom. The Balaban J connectivity index is 1.77. The highest BCUT2D eigenvalue weighted by Gasteiger charge is 2.29. The van der Waals surface area contributed by atoms with E-state index in [1.165, 1.54) is 12.8 Å². The molecule has 0 radical (unpaired) electrons. The number of nitrogens with two attached hydrogens (primary N) is 1. The summed E-state index contributed by atoms with van der Waals surface area (Å²) in [5.41, 5.74) is 9.06. The van der Waals surface area contributed by atoms with Gasteiger partial charge in [0.05, 0.1) is 11.7 Å². The number of aliphatic hydroxyl groups is 1. The molecular weight excluding hydrogens is 250 g/mol. The molecule has 0 amide bonds. The predicted octanol–water partition coefficient (Wildman–Crippen LogP) is 2.00. The number of hydrogen-bond acceptors (Lipinski definition) is 4. The normalized spacial score (nSPS) is 27.2. The van der Waals surface area contributed by atoms with E-state index in [1.807, 2.05) is 24.4 Å². The van der Waals surface area contributed by atoms with Crippen LogP contribution < -0.4 is 5.73 Å². The molecule has 2 aliphatic rings. The van der Waals surface area contributed by atoms with Gasteiger partial charge in [-0.25, -0.2) is 0 Å². The second-order valence-corrected chi connectivity index (χ2v) is 5.81. The van der Waals surface area contributed by atoms with Crippen LogP contribution in [0, 0.1) is 11.8 Å². The lowest BCUT2D eigenvalue weighted by Gasteiger charge is -2.30. The molecule has 2 aliphatic carbocycles. The molecule has 3 N–H and O–H groups in total. The van der Waals surface area contributed by atoms with Crippen molar-refractivity contribution in [2.45, 2.75) is 31.7 Å². The van der Waals surface area contributed by atoms with Crippen LogP contribution in [0.2, 0.25) is 0 Å². The lowest BCUT2D eigenvalue weighted by Crippen LogP contribution is -2.29. The zero-order valence-corrected chi connectivity index (χ0v) is 11.6. The average Bonchev–Trinajstić information content (AvgIpc) is 3.26. The van der Waals surface area contributed by atoms with E-state index < -0.39 is 0 Å². The molecule has 1 aromatic rings. The molecule has 2 fully saturated rings. The second kappa shape index (κ2) is 5.75. The van der Waals surface area contributed by atoms with Gasteiger partial charge < -0.3 is 10.8 Å². The quantitative estimate of drug-likeness (QED) is 0.805. The standard InChI is InChI=1S/C16H21N3O/c17-16(12-4-5-12)14(15-3-1-2-6-18-15)9-19-13-7-11(8-13)10-20/h1-3,6,9,11-13,20H,4-5,7-8,10,17H2. The summed E-state index contributed by atoms with van der Waals surface area (Å²) in [6.07, 6.45) is 7.98. The van der Waals surface area contributed by atoms with E-state index in [4.69, 9.17) is 10.8 Å². The summed E-state index contributed by atoms with van der Waals surface area (Å²) in [6, 6.07) is 6.19. The van der Waals surface area contributed by atoms with Crippen LogP contribution in [0.3, 0.4) is 0 Å². The molecule has 4 nitrogen and oxygen atoms in total. The van der Waals surface area contributed by atoms with Gasteiger partial charge in [-0.1, -0.05) is 6.07 Å². The lowest BCUT2D eigenvalue weighted by atomic mass is 9.81. The zero-order chi connectivity index (χ0) is 13.9. The molecule has 1 heterocycles. The Kier molecular flexibility index (Phi) is 3.83. The maximum absolute atomic E-state index is 9.04. The summed E-state index contributed by atoms with van der Waals surface area (Å²) in [6.45, 7) is 0.277. The molecule has 0 bridgehead atoms. The fraction of sp³-hybridized carbons (Fsp3) is 0.500. The highest BCUT2D eigenvalue weighted by Crippen LogP contribution is 2.37. The van der Waals surface area contributed by atoms with E-state index in [0.717, 1.165) is 29.8 Å². The number of aromatic nitrogens is 1. The Morgan fingerprint density at radius 1 is 1.40 bits per heavy atom. The Bertz CT molecular complexity index is 514. The summed E-state index contributed by atoms with van der Waals surface area (Å²) < 4.78 is 0. The summed E-state index contributed by atoms with van der Waals surface area (Å²) in [4.78, 5) is 9.02. The molecule has 1 aromatic heterocycles. The monoisotopic (exact) mass is 271 g/mol. The molecule has 0 atom stereocenters. The van der Waals surface area contributed by atoms with E-state index in [9.17, 15) is 0 Å². The minimum atomic E-state index is 0.277. The van der Waals surface area contributed by atoms with E-state index in [1.54, 1.807) is 6.20 Å². The first-order valence-corrected chi connectivity index (χ1v) is 7.33. The van der Waals surface area contributed by atoms with Crippen LogP contribution in [0.15, 0.2) is 35.1 Å². The third kappa shape index (κ3) is 2.90. The fourth-order valence-electron chi connectivity index (χ4n) is 2.58. The van der Waals surface area contributed by atoms with Crippen LogP contribution in [-0.4, -0.2) is 29.0 Å². The molecule has 4 heteroatoms. The first-order valence-electron chi connectivity index (χ1n) is 7.33. The largest absolute Gasteiger partial charge is 0.401 e. The number of allylic oxidation sites excluding steroid dienone is 2. The Morgan fingerprint density at radius 3 is 2.80 bits per heavy atom. The zero-order valence-electron chi connectivity index (χ0n) is 11.6. The van der Waals surface area contributed by atoms with Crippen molar-refractivity contribution in [1.82, 2.24) is 4.98 Å². The van der Waals surface area contributed by atoms with Crippen molar-refractivity contribution in [2.24, 2.45) is 22.6 Å². The third-order valence-electron chi connectivity index (χ3n) is 4.15. The SMILES string of the molecule is NC(=C(C=NC1CC(CO)C1)c1ccccn1)C1CC1. The van der Waals surface area contributed by atoms with Crippen LogP contribution in [0.25, 0.3) is 5.57 Å². The topological polar surface area (TPSA) is 71.5 Å². The van der Waals surface area contributed by atoms with E-state index in [-0.39, 0.29) is 6.61 Å². The molecule has 0 spiro atoms. The Labute approximate surface area is 119 Å². The fourth-order valence-corrected chi connectivity index (χ4v) is 2.58.